The molecule has 1 saturated heterocycles. The first-order valence-corrected chi connectivity index (χ1v) is 7.98. The molecule has 0 radical (unpaired) electrons. The second kappa shape index (κ2) is 7.05. The predicted octanol–water partition coefficient (Wildman–Crippen LogP) is 1.14. The van der Waals surface area contributed by atoms with Crippen LogP contribution in [0.5, 0.6) is 0 Å². The number of nitrogens with one attached hydrogen (secondary N) is 1. The molecule has 1 aliphatic rings. The second-order valence-corrected chi connectivity index (χ2v) is 6.65. The number of anilines is 1. The van der Waals surface area contributed by atoms with E-state index in [1.165, 1.54) is 0 Å². The topological polar surface area (TPSA) is 84.1 Å². The minimum absolute atomic E-state index is 0.0338. The highest BCUT2D eigenvalue weighted by Crippen LogP contribution is 2.31. The molecule has 22 heavy (non-hydrogen) atoms. The van der Waals surface area contributed by atoms with E-state index < -0.39 is 0 Å². The van der Waals surface area contributed by atoms with Gasteiger partial charge in [0.15, 0.2) is 0 Å². The number of hydrogen-bond acceptors (Lipinski definition) is 5. The van der Waals surface area contributed by atoms with E-state index in [9.17, 15) is 4.79 Å². The fourth-order valence-electron chi connectivity index (χ4n) is 3.10. The monoisotopic (exact) mass is 305 g/mol. The van der Waals surface area contributed by atoms with Crippen LogP contribution in [0, 0.1) is 11.8 Å². The zero-order chi connectivity index (χ0) is 16.3. The van der Waals surface area contributed by atoms with Gasteiger partial charge in [0, 0.05) is 30.8 Å². The van der Waals surface area contributed by atoms with Gasteiger partial charge in [-0.25, -0.2) is 9.97 Å². The number of hydrogen-bond donors (Lipinski definition) is 2. The summed E-state index contributed by atoms with van der Waals surface area (Å²) in [4.78, 5) is 22.6. The second-order valence-electron chi connectivity index (χ2n) is 6.65. The fourth-order valence-corrected chi connectivity index (χ4v) is 3.10. The Morgan fingerprint density at radius 3 is 2.73 bits per heavy atom. The highest BCUT2D eigenvalue weighted by molar-refractivity contribution is 5.78. The molecule has 2 heterocycles. The summed E-state index contributed by atoms with van der Waals surface area (Å²) in [6.07, 6.45) is 3.49. The molecule has 1 amide bonds. The van der Waals surface area contributed by atoms with Gasteiger partial charge in [0.2, 0.25) is 5.91 Å². The van der Waals surface area contributed by atoms with Crippen LogP contribution in [-0.2, 0) is 4.79 Å². The minimum atomic E-state index is -0.0933. The lowest BCUT2D eigenvalue weighted by molar-refractivity contribution is -0.120. The standard InChI is InChI=1S/C16H27N5O/c1-10(2)12-6-18-9-19-16(12)21-7-13(11(3)4)14(8-21)20-15(22)5-17/h6,9-11,13-14H,5,7-8,17H2,1-4H3,(H,20,22)/t13-,14+/m1/s1. The molecule has 0 saturated carbocycles. The van der Waals surface area contributed by atoms with Crippen molar-refractivity contribution in [2.45, 2.75) is 39.7 Å². The van der Waals surface area contributed by atoms with Crippen LogP contribution in [0.2, 0.25) is 0 Å². The van der Waals surface area contributed by atoms with Gasteiger partial charge in [0.25, 0.3) is 0 Å². The number of rotatable bonds is 5. The Kier molecular flexibility index (Phi) is 5.34. The average molecular weight is 305 g/mol. The smallest absolute Gasteiger partial charge is 0.234 e. The third kappa shape index (κ3) is 3.55. The van der Waals surface area contributed by atoms with Crippen molar-refractivity contribution >= 4 is 11.7 Å². The highest BCUT2D eigenvalue weighted by Gasteiger charge is 2.36. The van der Waals surface area contributed by atoms with Crippen molar-refractivity contribution in [1.82, 2.24) is 15.3 Å². The van der Waals surface area contributed by atoms with Gasteiger partial charge in [-0.15, -0.1) is 0 Å². The molecule has 6 nitrogen and oxygen atoms in total. The van der Waals surface area contributed by atoms with E-state index in [2.05, 4.69) is 47.9 Å². The predicted molar refractivity (Wildman–Crippen MR) is 87.6 cm³/mol. The molecular weight excluding hydrogens is 278 g/mol. The normalized spacial score (nSPS) is 21.7. The van der Waals surface area contributed by atoms with Crippen LogP contribution < -0.4 is 16.0 Å². The number of nitrogens with two attached hydrogens (primary N) is 1. The van der Waals surface area contributed by atoms with Crippen LogP contribution in [0.1, 0.15) is 39.2 Å². The van der Waals surface area contributed by atoms with Crippen molar-refractivity contribution in [3.63, 3.8) is 0 Å². The minimum Gasteiger partial charge on any atom is -0.354 e. The first-order chi connectivity index (χ1) is 10.4. The maximum absolute atomic E-state index is 11.7. The number of aromatic nitrogens is 2. The lowest BCUT2D eigenvalue weighted by Gasteiger charge is -2.22. The average Bonchev–Trinajstić information content (AvgIpc) is 2.91. The van der Waals surface area contributed by atoms with Crippen molar-refractivity contribution in [2.75, 3.05) is 24.5 Å². The molecule has 122 valence electrons. The fraction of sp³-hybridized carbons (Fsp3) is 0.688. The zero-order valence-corrected chi connectivity index (χ0v) is 13.9. The summed E-state index contributed by atoms with van der Waals surface area (Å²) < 4.78 is 0. The van der Waals surface area contributed by atoms with Crippen LogP contribution in [0.3, 0.4) is 0 Å². The molecule has 0 spiro atoms. The summed E-state index contributed by atoms with van der Waals surface area (Å²) in [6, 6.07) is 0.117. The summed E-state index contributed by atoms with van der Waals surface area (Å²) in [6.45, 7) is 10.4. The first-order valence-electron chi connectivity index (χ1n) is 7.98. The Hall–Kier alpha value is -1.69. The molecule has 3 N–H and O–H groups in total. The van der Waals surface area contributed by atoms with Gasteiger partial charge in [-0.1, -0.05) is 27.7 Å². The summed E-state index contributed by atoms with van der Waals surface area (Å²) >= 11 is 0. The van der Waals surface area contributed by atoms with E-state index in [-0.39, 0.29) is 18.5 Å². The Balaban J connectivity index is 2.22. The molecule has 2 atom stereocenters. The number of carbonyl (C=O) groups is 1. The molecule has 1 aromatic rings. The van der Waals surface area contributed by atoms with Crippen LogP contribution >= 0.6 is 0 Å². The third-order valence-electron chi connectivity index (χ3n) is 4.39. The first kappa shape index (κ1) is 16.7. The van der Waals surface area contributed by atoms with E-state index in [0.717, 1.165) is 24.5 Å². The zero-order valence-electron chi connectivity index (χ0n) is 13.9. The molecule has 0 aliphatic carbocycles. The number of carbonyl (C=O) groups excluding carboxylic acids is 1. The van der Waals surface area contributed by atoms with E-state index in [4.69, 9.17) is 5.73 Å². The van der Waals surface area contributed by atoms with Crippen LogP contribution in [0.4, 0.5) is 5.82 Å². The third-order valence-corrected chi connectivity index (χ3v) is 4.39. The molecule has 6 heteroatoms. The van der Waals surface area contributed by atoms with Crippen LogP contribution in [0.15, 0.2) is 12.5 Å². The summed E-state index contributed by atoms with van der Waals surface area (Å²) in [5.74, 6) is 2.14. The molecular formula is C16H27N5O. The Morgan fingerprint density at radius 2 is 2.14 bits per heavy atom. The molecule has 2 rings (SSSR count). The van der Waals surface area contributed by atoms with Crippen molar-refractivity contribution in [3.8, 4) is 0 Å². The molecule has 1 aliphatic heterocycles. The van der Waals surface area contributed by atoms with Gasteiger partial charge >= 0.3 is 0 Å². The van der Waals surface area contributed by atoms with Gasteiger partial charge in [-0.3, -0.25) is 4.79 Å². The Labute approximate surface area is 132 Å². The van der Waals surface area contributed by atoms with Gasteiger partial charge < -0.3 is 16.0 Å². The lowest BCUT2D eigenvalue weighted by atomic mass is 9.91. The van der Waals surface area contributed by atoms with E-state index in [1.54, 1.807) is 6.33 Å². The molecule has 1 aromatic heterocycles. The Bertz CT molecular complexity index is 517. The SMILES string of the molecule is CC(C)c1cncnc1N1C[C@H](NC(=O)CN)[C@@H](C(C)C)C1. The number of nitrogens with zero attached hydrogens (tertiary/aromatic N) is 3. The van der Waals surface area contributed by atoms with E-state index >= 15 is 0 Å². The van der Waals surface area contributed by atoms with Crippen molar-refractivity contribution < 1.29 is 4.79 Å². The molecule has 0 unspecified atom stereocenters. The maximum Gasteiger partial charge on any atom is 0.234 e. The van der Waals surface area contributed by atoms with Gasteiger partial charge in [0.1, 0.15) is 12.1 Å². The molecule has 0 bridgehead atoms. The van der Waals surface area contributed by atoms with Crippen molar-refractivity contribution in [1.29, 1.82) is 0 Å². The highest BCUT2D eigenvalue weighted by atomic mass is 16.1. The Morgan fingerprint density at radius 1 is 1.41 bits per heavy atom. The summed E-state index contributed by atoms with van der Waals surface area (Å²) in [5.41, 5.74) is 6.58. The van der Waals surface area contributed by atoms with E-state index in [0.29, 0.717) is 17.8 Å². The van der Waals surface area contributed by atoms with Crippen LogP contribution in [-0.4, -0.2) is 41.6 Å². The quantitative estimate of drug-likeness (QED) is 0.852. The van der Waals surface area contributed by atoms with Gasteiger partial charge in [-0.05, 0) is 11.8 Å². The molecule has 1 fully saturated rings. The van der Waals surface area contributed by atoms with Crippen molar-refractivity contribution in [2.24, 2.45) is 17.6 Å². The summed E-state index contributed by atoms with van der Waals surface area (Å²) in [7, 11) is 0. The van der Waals surface area contributed by atoms with E-state index in [1.807, 2.05) is 6.20 Å². The number of amides is 1. The van der Waals surface area contributed by atoms with Gasteiger partial charge in [-0.2, -0.15) is 0 Å². The lowest BCUT2D eigenvalue weighted by Crippen LogP contribution is -2.44. The molecule has 0 aromatic carbocycles. The van der Waals surface area contributed by atoms with Crippen molar-refractivity contribution in [3.05, 3.63) is 18.1 Å². The van der Waals surface area contributed by atoms with Crippen LogP contribution in [0.25, 0.3) is 0 Å². The summed E-state index contributed by atoms with van der Waals surface area (Å²) in [5, 5.41) is 3.06. The maximum atomic E-state index is 11.7. The largest absolute Gasteiger partial charge is 0.354 e. The van der Waals surface area contributed by atoms with Gasteiger partial charge in [0.05, 0.1) is 12.6 Å².